The molecule has 1 heteroatoms. The van der Waals surface area contributed by atoms with Crippen LogP contribution in [0.15, 0.2) is 18.2 Å². The first kappa shape index (κ1) is 12.0. The molecule has 90 valence electrons. The van der Waals surface area contributed by atoms with E-state index in [2.05, 4.69) is 55.7 Å². The van der Waals surface area contributed by atoms with Crippen molar-refractivity contribution in [2.24, 2.45) is 0 Å². The summed E-state index contributed by atoms with van der Waals surface area (Å²) >= 11 is 0. The van der Waals surface area contributed by atoms with Crippen LogP contribution in [0.1, 0.15) is 38.3 Å². The SMILES string of the molecule is CC#CCN1CCC(C)(C)c2cc(C)ccc21. The van der Waals surface area contributed by atoms with Crippen LogP contribution in [0.2, 0.25) is 0 Å². The van der Waals surface area contributed by atoms with Gasteiger partial charge in [0.25, 0.3) is 0 Å². The Balaban J connectivity index is 2.43. The number of rotatable bonds is 1. The predicted octanol–water partition coefficient (Wildman–Crippen LogP) is 3.51. The summed E-state index contributed by atoms with van der Waals surface area (Å²) in [6, 6.07) is 6.79. The summed E-state index contributed by atoms with van der Waals surface area (Å²) in [5.41, 5.74) is 4.48. The lowest BCUT2D eigenvalue weighted by Crippen LogP contribution is -2.37. The van der Waals surface area contributed by atoms with Crippen LogP contribution in [-0.4, -0.2) is 13.1 Å². The van der Waals surface area contributed by atoms with Gasteiger partial charge in [0.1, 0.15) is 0 Å². The van der Waals surface area contributed by atoms with E-state index in [1.165, 1.54) is 23.2 Å². The van der Waals surface area contributed by atoms with Crippen LogP contribution in [0.25, 0.3) is 0 Å². The minimum absolute atomic E-state index is 0.289. The van der Waals surface area contributed by atoms with Gasteiger partial charge < -0.3 is 4.90 Å². The first-order valence-electron chi connectivity index (χ1n) is 6.30. The summed E-state index contributed by atoms with van der Waals surface area (Å²) in [5.74, 6) is 6.16. The number of benzene rings is 1. The summed E-state index contributed by atoms with van der Waals surface area (Å²) in [6.07, 6.45) is 1.20. The molecule has 1 aliphatic rings. The van der Waals surface area contributed by atoms with Gasteiger partial charge in [-0.1, -0.05) is 37.5 Å². The number of fused-ring (bicyclic) bond motifs is 1. The minimum Gasteiger partial charge on any atom is -0.360 e. The van der Waals surface area contributed by atoms with E-state index >= 15 is 0 Å². The van der Waals surface area contributed by atoms with E-state index in [-0.39, 0.29) is 5.41 Å². The highest BCUT2D eigenvalue weighted by Gasteiger charge is 2.30. The summed E-state index contributed by atoms with van der Waals surface area (Å²) < 4.78 is 0. The average molecular weight is 227 g/mol. The lowest BCUT2D eigenvalue weighted by atomic mass is 9.77. The Kier molecular flexibility index (Phi) is 3.15. The van der Waals surface area contributed by atoms with Gasteiger partial charge in [-0.15, -0.1) is 5.92 Å². The lowest BCUT2D eigenvalue weighted by molar-refractivity contribution is 0.458. The molecule has 0 saturated heterocycles. The van der Waals surface area contributed by atoms with Crippen molar-refractivity contribution < 1.29 is 0 Å². The highest BCUT2D eigenvalue weighted by atomic mass is 15.1. The highest BCUT2D eigenvalue weighted by Crippen LogP contribution is 2.39. The number of hydrogen-bond acceptors (Lipinski definition) is 1. The molecule has 2 rings (SSSR count). The molecule has 17 heavy (non-hydrogen) atoms. The summed E-state index contributed by atoms with van der Waals surface area (Å²) in [5, 5.41) is 0. The minimum atomic E-state index is 0.289. The number of anilines is 1. The maximum Gasteiger partial charge on any atom is 0.0794 e. The molecule has 1 heterocycles. The quantitative estimate of drug-likeness (QED) is 0.664. The normalized spacial score (nSPS) is 17.1. The Morgan fingerprint density at radius 3 is 2.82 bits per heavy atom. The maximum atomic E-state index is 3.18. The molecule has 1 nitrogen and oxygen atoms in total. The molecule has 0 aliphatic carbocycles. The second-order valence-corrected chi connectivity index (χ2v) is 5.50. The van der Waals surface area contributed by atoms with E-state index in [9.17, 15) is 0 Å². The Morgan fingerprint density at radius 1 is 1.35 bits per heavy atom. The van der Waals surface area contributed by atoms with Crippen molar-refractivity contribution in [2.45, 2.75) is 39.5 Å². The molecule has 1 aromatic carbocycles. The Hall–Kier alpha value is -1.42. The van der Waals surface area contributed by atoms with E-state index in [0.717, 1.165) is 13.1 Å². The number of aryl methyl sites for hydroxylation is 1. The van der Waals surface area contributed by atoms with Gasteiger partial charge in [0.2, 0.25) is 0 Å². The molecule has 1 aromatic rings. The second-order valence-electron chi connectivity index (χ2n) is 5.50. The smallest absolute Gasteiger partial charge is 0.0794 e. The molecule has 0 saturated carbocycles. The Labute approximate surface area is 105 Å². The average Bonchev–Trinajstić information content (AvgIpc) is 2.29. The third-order valence-electron chi connectivity index (χ3n) is 3.68. The molecular formula is C16H21N. The van der Waals surface area contributed by atoms with Gasteiger partial charge in [-0.2, -0.15) is 0 Å². The van der Waals surface area contributed by atoms with Gasteiger partial charge in [0.15, 0.2) is 0 Å². The zero-order valence-corrected chi connectivity index (χ0v) is 11.3. The third kappa shape index (κ3) is 2.31. The summed E-state index contributed by atoms with van der Waals surface area (Å²) in [4.78, 5) is 2.40. The fraction of sp³-hybridized carbons (Fsp3) is 0.500. The zero-order chi connectivity index (χ0) is 12.5. The van der Waals surface area contributed by atoms with Crippen molar-refractivity contribution in [2.75, 3.05) is 18.0 Å². The van der Waals surface area contributed by atoms with E-state index < -0.39 is 0 Å². The number of hydrogen-bond donors (Lipinski definition) is 0. The summed E-state index contributed by atoms with van der Waals surface area (Å²) in [7, 11) is 0. The van der Waals surface area contributed by atoms with Gasteiger partial charge in [-0.3, -0.25) is 0 Å². The van der Waals surface area contributed by atoms with Crippen molar-refractivity contribution in [3.05, 3.63) is 29.3 Å². The molecular weight excluding hydrogens is 206 g/mol. The van der Waals surface area contributed by atoms with Crippen LogP contribution in [0.4, 0.5) is 5.69 Å². The first-order valence-corrected chi connectivity index (χ1v) is 6.30. The fourth-order valence-corrected chi connectivity index (χ4v) is 2.48. The van der Waals surface area contributed by atoms with E-state index in [0.29, 0.717) is 0 Å². The molecule has 0 N–H and O–H groups in total. The van der Waals surface area contributed by atoms with Crippen molar-refractivity contribution >= 4 is 5.69 Å². The third-order valence-corrected chi connectivity index (χ3v) is 3.68. The molecule has 0 atom stereocenters. The van der Waals surface area contributed by atoms with Crippen molar-refractivity contribution in [3.8, 4) is 11.8 Å². The van der Waals surface area contributed by atoms with Crippen LogP contribution in [0.5, 0.6) is 0 Å². The lowest BCUT2D eigenvalue weighted by Gasteiger charge is -2.39. The molecule has 0 aromatic heterocycles. The van der Waals surface area contributed by atoms with Gasteiger partial charge >= 0.3 is 0 Å². The molecule has 0 radical (unpaired) electrons. The largest absolute Gasteiger partial charge is 0.360 e. The molecule has 0 spiro atoms. The van der Waals surface area contributed by atoms with Gasteiger partial charge in [-0.25, -0.2) is 0 Å². The number of nitrogens with zero attached hydrogens (tertiary/aromatic N) is 1. The molecule has 1 aliphatic heterocycles. The standard InChI is InChI=1S/C16H21N/c1-5-6-10-17-11-9-16(3,4)14-12-13(2)7-8-15(14)17/h7-8,12H,9-11H2,1-4H3. The van der Waals surface area contributed by atoms with Gasteiger partial charge in [0.05, 0.1) is 6.54 Å². The van der Waals surface area contributed by atoms with E-state index in [4.69, 9.17) is 0 Å². The second kappa shape index (κ2) is 4.45. The maximum absolute atomic E-state index is 3.18. The molecule has 0 bridgehead atoms. The molecule has 0 fully saturated rings. The summed E-state index contributed by atoms with van der Waals surface area (Å²) in [6.45, 7) is 10.7. The van der Waals surface area contributed by atoms with Crippen LogP contribution in [0, 0.1) is 18.8 Å². The fourth-order valence-electron chi connectivity index (χ4n) is 2.48. The first-order chi connectivity index (χ1) is 8.04. The monoisotopic (exact) mass is 227 g/mol. The van der Waals surface area contributed by atoms with Crippen molar-refractivity contribution in [3.63, 3.8) is 0 Å². The van der Waals surface area contributed by atoms with E-state index in [1.807, 2.05) is 6.92 Å². The Bertz CT molecular complexity index is 474. The topological polar surface area (TPSA) is 3.24 Å². The van der Waals surface area contributed by atoms with Crippen LogP contribution < -0.4 is 4.90 Å². The van der Waals surface area contributed by atoms with Gasteiger partial charge in [0, 0.05) is 12.2 Å². The van der Waals surface area contributed by atoms with Crippen molar-refractivity contribution in [1.29, 1.82) is 0 Å². The Morgan fingerprint density at radius 2 is 2.12 bits per heavy atom. The van der Waals surface area contributed by atoms with E-state index in [1.54, 1.807) is 0 Å². The zero-order valence-electron chi connectivity index (χ0n) is 11.3. The van der Waals surface area contributed by atoms with Crippen LogP contribution in [-0.2, 0) is 5.41 Å². The molecule has 0 unspecified atom stereocenters. The highest BCUT2D eigenvalue weighted by molar-refractivity contribution is 5.60. The molecule has 0 amide bonds. The predicted molar refractivity (Wildman–Crippen MR) is 74.5 cm³/mol. The van der Waals surface area contributed by atoms with Crippen LogP contribution >= 0.6 is 0 Å². The van der Waals surface area contributed by atoms with Crippen molar-refractivity contribution in [1.82, 2.24) is 0 Å². The van der Waals surface area contributed by atoms with Gasteiger partial charge in [-0.05, 0) is 37.3 Å². The van der Waals surface area contributed by atoms with Crippen LogP contribution in [0.3, 0.4) is 0 Å².